The van der Waals surface area contributed by atoms with E-state index in [1.807, 2.05) is 12.1 Å². The van der Waals surface area contributed by atoms with Gasteiger partial charge in [-0.1, -0.05) is 37.8 Å². The molecule has 0 spiro atoms. The summed E-state index contributed by atoms with van der Waals surface area (Å²) in [6.45, 7) is 4.62. The molecule has 1 aliphatic carbocycles. The van der Waals surface area contributed by atoms with E-state index >= 15 is 0 Å². The summed E-state index contributed by atoms with van der Waals surface area (Å²) in [7, 11) is 1.71. The zero-order valence-corrected chi connectivity index (χ0v) is 13.2. The van der Waals surface area contributed by atoms with Crippen LogP contribution in [0.3, 0.4) is 0 Å². The number of nitrogens with one attached hydrogen (secondary N) is 1. The van der Waals surface area contributed by atoms with E-state index in [2.05, 4.69) is 31.3 Å². The molecular weight excluding hydrogens is 246 g/mol. The zero-order valence-electron chi connectivity index (χ0n) is 13.2. The van der Waals surface area contributed by atoms with Crippen molar-refractivity contribution >= 4 is 0 Å². The average molecular weight is 275 g/mol. The Kier molecular flexibility index (Phi) is 5.90. The highest BCUT2D eigenvalue weighted by molar-refractivity contribution is 5.28. The van der Waals surface area contributed by atoms with Crippen molar-refractivity contribution in [2.24, 2.45) is 5.92 Å². The molecule has 1 aliphatic rings. The van der Waals surface area contributed by atoms with Crippen LogP contribution in [0.15, 0.2) is 24.3 Å². The zero-order chi connectivity index (χ0) is 14.4. The molecule has 20 heavy (non-hydrogen) atoms. The van der Waals surface area contributed by atoms with E-state index in [1.165, 1.54) is 44.1 Å². The van der Waals surface area contributed by atoms with Gasteiger partial charge in [-0.2, -0.15) is 0 Å². The molecule has 2 atom stereocenters. The SMILES string of the molecule is COc1ccc(C(C)N[C@@H](C)C2CCCCCC2)cc1. The van der Waals surface area contributed by atoms with Crippen molar-refractivity contribution in [3.8, 4) is 5.75 Å². The Bertz CT molecular complexity index is 379. The third-order valence-electron chi connectivity index (χ3n) is 4.74. The fourth-order valence-corrected chi connectivity index (χ4v) is 3.33. The first kappa shape index (κ1) is 15.4. The predicted molar refractivity (Wildman–Crippen MR) is 85.2 cm³/mol. The van der Waals surface area contributed by atoms with Gasteiger partial charge in [0, 0.05) is 12.1 Å². The van der Waals surface area contributed by atoms with Crippen LogP contribution in [0.4, 0.5) is 0 Å². The van der Waals surface area contributed by atoms with Crippen molar-refractivity contribution in [1.82, 2.24) is 5.32 Å². The first-order chi connectivity index (χ1) is 9.70. The Morgan fingerprint density at radius 3 is 2.15 bits per heavy atom. The summed E-state index contributed by atoms with van der Waals surface area (Å²) in [5.74, 6) is 1.77. The maximum atomic E-state index is 5.22. The van der Waals surface area contributed by atoms with Crippen molar-refractivity contribution in [1.29, 1.82) is 0 Å². The highest BCUT2D eigenvalue weighted by atomic mass is 16.5. The van der Waals surface area contributed by atoms with Gasteiger partial charge in [0.2, 0.25) is 0 Å². The minimum Gasteiger partial charge on any atom is -0.497 e. The Hall–Kier alpha value is -1.02. The lowest BCUT2D eigenvalue weighted by molar-refractivity contribution is 0.316. The number of ether oxygens (including phenoxy) is 1. The number of methoxy groups -OCH3 is 1. The van der Waals surface area contributed by atoms with Gasteiger partial charge in [-0.3, -0.25) is 0 Å². The number of benzene rings is 1. The summed E-state index contributed by atoms with van der Waals surface area (Å²) >= 11 is 0. The third-order valence-corrected chi connectivity index (χ3v) is 4.74. The summed E-state index contributed by atoms with van der Waals surface area (Å²) in [5, 5.41) is 3.79. The number of hydrogen-bond donors (Lipinski definition) is 1. The molecule has 0 amide bonds. The molecular formula is C18H29NO. The van der Waals surface area contributed by atoms with Crippen molar-refractivity contribution in [3.63, 3.8) is 0 Å². The average Bonchev–Trinajstić information content (AvgIpc) is 2.76. The van der Waals surface area contributed by atoms with Crippen LogP contribution in [0.25, 0.3) is 0 Å². The van der Waals surface area contributed by atoms with E-state index in [9.17, 15) is 0 Å². The summed E-state index contributed by atoms with van der Waals surface area (Å²) in [6.07, 6.45) is 8.46. The summed E-state index contributed by atoms with van der Waals surface area (Å²) < 4.78 is 5.22. The summed E-state index contributed by atoms with van der Waals surface area (Å²) in [4.78, 5) is 0. The Labute approximate surface area is 123 Å². The quantitative estimate of drug-likeness (QED) is 0.786. The second-order valence-electron chi connectivity index (χ2n) is 6.20. The normalized spacial score (nSPS) is 20.1. The van der Waals surface area contributed by atoms with E-state index in [-0.39, 0.29) is 0 Å². The van der Waals surface area contributed by atoms with Crippen molar-refractivity contribution in [3.05, 3.63) is 29.8 Å². The topological polar surface area (TPSA) is 21.3 Å². The van der Waals surface area contributed by atoms with Crippen LogP contribution < -0.4 is 10.1 Å². The molecule has 1 saturated carbocycles. The fourth-order valence-electron chi connectivity index (χ4n) is 3.33. The van der Waals surface area contributed by atoms with E-state index in [1.54, 1.807) is 7.11 Å². The molecule has 1 unspecified atom stereocenters. The van der Waals surface area contributed by atoms with Crippen molar-refractivity contribution in [2.75, 3.05) is 7.11 Å². The van der Waals surface area contributed by atoms with Gasteiger partial charge < -0.3 is 10.1 Å². The Morgan fingerprint density at radius 1 is 1.00 bits per heavy atom. The monoisotopic (exact) mass is 275 g/mol. The Balaban J connectivity index is 1.89. The molecule has 1 N–H and O–H groups in total. The molecule has 0 saturated heterocycles. The predicted octanol–water partition coefficient (Wildman–Crippen LogP) is 4.70. The molecule has 0 heterocycles. The standard InChI is InChI=1S/C18H29NO/c1-14(16-8-6-4-5-7-9-16)19-15(2)17-10-12-18(20-3)13-11-17/h10-16,19H,4-9H2,1-3H3/t14-,15?/m0/s1. The van der Waals surface area contributed by atoms with E-state index in [0.29, 0.717) is 12.1 Å². The van der Waals surface area contributed by atoms with Gasteiger partial charge in [-0.15, -0.1) is 0 Å². The largest absolute Gasteiger partial charge is 0.497 e. The van der Waals surface area contributed by atoms with Gasteiger partial charge in [0.25, 0.3) is 0 Å². The first-order valence-corrected chi connectivity index (χ1v) is 8.10. The van der Waals surface area contributed by atoms with Crippen LogP contribution >= 0.6 is 0 Å². The molecule has 0 radical (unpaired) electrons. The molecule has 1 aromatic carbocycles. The third kappa shape index (κ3) is 4.24. The molecule has 1 aromatic rings. The van der Waals surface area contributed by atoms with Crippen LogP contribution in [-0.2, 0) is 0 Å². The highest BCUT2D eigenvalue weighted by Gasteiger charge is 2.20. The second-order valence-corrected chi connectivity index (χ2v) is 6.20. The molecule has 1 fully saturated rings. The van der Waals surface area contributed by atoms with Crippen LogP contribution in [0.2, 0.25) is 0 Å². The van der Waals surface area contributed by atoms with E-state index < -0.39 is 0 Å². The van der Waals surface area contributed by atoms with E-state index in [4.69, 9.17) is 4.74 Å². The second kappa shape index (κ2) is 7.68. The Morgan fingerprint density at radius 2 is 1.60 bits per heavy atom. The van der Waals surface area contributed by atoms with Gasteiger partial charge in [0.15, 0.2) is 0 Å². The molecule has 112 valence electrons. The van der Waals surface area contributed by atoms with Crippen LogP contribution in [0, 0.1) is 5.92 Å². The molecule has 0 aliphatic heterocycles. The molecule has 2 heteroatoms. The molecule has 2 nitrogen and oxygen atoms in total. The van der Waals surface area contributed by atoms with Gasteiger partial charge in [-0.25, -0.2) is 0 Å². The van der Waals surface area contributed by atoms with Gasteiger partial charge >= 0.3 is 0 Å². The van der Waals surface area contributed by atoms with Gasteiger partial charge in [-0.05, 0) is 50.3 Å². The summed E-state index contributed by atoms with van der Waals surface area (Å²) in [6, 6.07) is 9.42. The molecule has 0 bridgehead atoms. The fraction of sp³-hybridized carbons (Fsp3) is 0.667. The first-order valence-electron chi connectivity index (χ1n) is 8.10. The minimum absolute atomic E-state index is 0.402. The lowest BCUT2D eigenvalue weighted by atomic mass is 9.92. The van der Waals surface area contributed by atoms with Crippen LogP contribution in [0.5, 0.6) is 5.75 Å². The van der Waals surface area contributed by atoms with Crippen LogP contribution in [-0.4, -0.2) is 13.2 Å². The lowest BCUT2D eigenvalue weighted by Crippen LogP contribution is -2.35. The van der Waals surface area contributed by atoms with Crippen molar-refractivity contribution in [2.45, 2.75) is 64.5 Å². The maximum absolute atomic E-state index is 5.22. The maximum Gasteiger partial charge on any atom is 0.118 e. The summed E-state index contributed by atoms with van der Waals surface area (Å²) in [5.41, 5.74) is 1.34. The number of rotatable bonds is 5. The van der Waals surface area contributed by atoms with Crippen molar-refractivity contribution < 1.29 is 4.74 Å². The smallest absolute Gasteiger partial charge is 0.118 e. The van der Waals surface area contributed by atoms with Crippen LogP contribution in [0.1, 0.15) is 64.0 Å². The number of hydrogen-bond acceptors (Lipinski definition) is 2. The van der Waals surface area contributed by atoms with Gasteiger partial charge in [0.05, 0.1) is 7.11 Å². The highest BCUT2D eigenvalue weighted by Crippen LogP contribution is 2.27. The van der Waals surface area contributed by atoms with Gasteiger partial charge in [0.1, 0.15) is 5.75 Å². The minimum atomic E-state index is 0.402. The van der Waals surface area contributed by atoms with E-state index in [0.717, 1.165) is 11.7 Å². The molecule has 2 rings (SSSR count). The lowest BCUT2D eigenvalue weighted by Gasteiger charge is -2.27. The molecule has 0 aromatic heterocycles.